The molecular formula is C68H116N16O10. The molecule has 94 heavy (non-hydrogen) atoms. The van der Waals surface area contributed by atoms with E-state index in [2.05, 4.69) is 85.1 Å². The molecule has 0 radical (unpaired) electrons. The Balaban J connectivity index is 0.000000152. The average molecular weight is 1320 g/mol. The molecule has 10 heterocycles. The summed E-state index contributed by atoms with van der Waals surface area (Å²) in [4.78, 5) is 49.6. The molecule has 18 aliphatic rings. The van der Waals surface area contributed by atoms with Crippen LogP contribution in [-0.2, 0) is 19.2 Å². The third kappa shape index (κ3) is 12.1. The Morgan fingerprint density at radius 3 is 0.372 bits per heavy atom. The summed E-state index contributed by atoms with van der Waals surface area (Å²) in [6, 6.07) is 0. The molecule has 26 nitrogen and oxygen atoms in total. The van der Waals surface area contributed by atoms with E-state index in [0.29, 0.717) is 96.7 Å². The summed E-state index contributed by atoms with van der Waals surface area (Å²) in [7, 11) is 0. The molecule has 10 aliphatic heterocycles. The average Bonchev–Trinajstić information content (AvgIpc) is 1.59. The van der Waals surface area contributed by atoms with Gasteiger partial charge in [0.05, 0.1) is 122 Å². The minimum Gasteiger partial charge on any atom is -0.481 e. The van der Waals surface area contributed by atoms with Crippen molar-refractivity contribution >= 4 is 23.9 Å². The highest BCUT2D eigenvalue weighted by atomic mass is 16.4. The van der Waals surface area contributed by atoms with Crippen LogP contribution in [0.1, 0.15) is 180 Å². The summed E-state index contributed by atoms with van der Waals surface area (Å²) in [6.45, 7) is 0. The number of nitrogens with one attached hydrogen (secondary N) is 16. The van der Waals surface area contributed by atoms with Crippen LogP contribution in [0.2, 0.25) is 0 Å². The SMILES string of the molecule is O.O.O=C(O)C1CC2C3NC4NC(NC5NC(NC6NC(NC(N3)C2CC1C(=O)O)C1CCCCC61)C1CCCCC51)C1CCCCC41.O=C(O)C1CC2C3NC4NC(NC5NC(NC6NC(NC(N3)C2CC1C(=O)O)C1CCCCC61)C1CCCCC51)C1CCCCC41. The smallest absolute Gasteiger partial charge is 0.307 e. The van der Waals surface area contributed by atoms with E-state index in [1.165, 1.54) is 154 Å². The van der Waals surface area contributed by atoms with E-state index in [4.69, 9.17) is 0 Å². The topological polar surface area (TPSA) is 405 Å². The predicted octanol–water partition coefficient (Wildman–Crippen LogP) is 0.805. The van der Waals surface area contributed by atoms with Crippen molar-refractivity contribution in [1.29, 1.82) is 0 Å². The van der Waals surface area contributed by atoms with Gasteiger partial charge in [-0.1, -0.05) is 77.0 Å². The first-order valence-electron chi connectivity index (χ1n) is 37.9. The fraction of sp³-hybridized carbons (Fsp3) is 0.941. The largest absolute Gasteiger partial charge is 0.481 e. The molecule has 36 atom stereocenters. The zero-order valence-electron chi connectivity index (χ0n) is 55.0. The molecule has 16 bridgehead atoms. The van der Waals surface area contributed by atoms with Crippen molar-refractivity contribution < 1.29 is 50.6 Å². The molecule has 36 unspecified atom stereocenters. The van der Waals surface area contributed by atoms with Crippen LogP contribution in [0.3, 0.4) is 0 Å². The van der Waals surface area contributed by atoms with Crippen molar-refractivity contribution in [2.75, 3.05) is 0 Å². The van der Waals surface area contributed by atoms with Gasteiger partial charge in [0, 0.05) is 0 Å². The molecule has 8 saturated carbocycles. The standard InChI is InChI=1S/2C34H56N8O4.2H2O/c2*43-33(44)23-13-21-22(14-24(23)34(45)46)32-41-30-20-12-6-4-10-18(20)28(39-30)37-26-16-8-2-1-7-15(16)25(35-26)36-27-17-9-3-5-11-19(17)29(38-27)40-31(21)42-32;;/h2*15-32,35-42H,1-14H2,(H,43,44)(H,45,46);2*1H2. The summed E-state index contributed by atoms with van der Waals surface area (Å²) in [5.41, 5.74) is 0. The van der Waals surface area contributed by atoms with Crippen LogP contribution < -0.4 is 85.1 Å². The third-order valence-corrected chi connectivity index (χ3v) is 29.3. The zero-order valence-corrected chi connectivity index (χ0v) is 55.0. The molecule has 0 aromatic carbocycles. The molecule has 18 rings (SSSR count). The Kier molecular flexibility index (Phi) is 19.7. The van der Waals surface area contributed by atoms with Gasteiger partial charge < -0.3 is 31.4 Å². The summed E-state index contributed by atoms with van der Waals surface area (Å²) in [6.07, 6.45) is 33.9. The lowest BCUT2D eigenvalue weighted by Gasteiger charge is -2.39. The lowest BCUT2D eigenvalue weighted by molar-refractivity contribution is -0.158. The highest BCUT2D eigenvalue weighted by Gasteiger charge is 2.60. The van der Waals surface area contributed by atoms with Crippen molar-refractivity contribution in [3.8, 4) is 0 Å². The van der Waals surface area contributed by atoms with Crippen LogP contribution in [0, 0.1) is 118 Å². The Morgan fingerprint density at radius 2 is 0.277 bits per heavy atom. The Bertz CT molecular complexity index is 2370. The van der Waals surface area contributed by atoms with Gasteiger partial charge in [0.2, 0.25) is 0 Å². The number of rotatable bonds is 4. The normalized spacial score (nSPS) is 53.5. The molecule has 24 N–H and O–H groups in total. The maximum Gasteiger partial charge on any atom is 0.307 e. The highest BCUT2D eigenvalue weighted by molar-refractivity contribution is 5.81. The number of hydrogen-bond donors (Lipinski definition) is 20. The van der Waals surface area contributed by atoms with Crippen molar-refractivity contribution in [1.82, 2.24) is 85.1 Å². The minimum atomic E-state index is -0.977. The van der Waals surface area contributed by atoms with Crippen LogP contribution in [0.5, 0.6) is 0 Å². The lowest BCUT2D eigenvalue weighted by atomic mass is 9.67. The van der Waals surface area contributed by atoms with Gasteiger partial charge in [-0.25, -0.2) is 0 Å². The molecule has 0 spiro atoms. The number of aliphatic carboxylic acids is 4. The van der Waals surface area contributed by atoms with Crippen LogP contribution in [0.25, 0.3) is 0 Å². The number of fused-ring (bicyclic) bond motifs is 40. The molecule has 0 aromatic rings. The first-order valence-corrected chi connectivity index (χ1v) is 37.9. The van der Waals surface area contributed by atoms with Crippen LogP contribution in [0.4, 0.5) is 0 Å². The van der Waals surface area contributed by atoms with Gasteiger partial charge in [-0.3, -0.25) is 104 Å². The molecule has 0 aromatic heterocycles. The van der Waals surface area contributed by atoms with Crippen LogP contribution in [0.15, 0.2) is 0 Å². The van der Waals surface area contributed by atoms with Crippen LogP contribution >= 0.6 is 0 Å². The molecule has 26 heteroatoms. The molecule has 10 saturated heterocycles. The predicted molar refractivity (Wildman–Crippen MR) is 348 cm³/mol. The summed E-state index contributed by atoms with van der Waals surface area (Å²) in [5, 5.41) is 106. The minimum absolute atomic E-state index is 0. The second-order valence-electron chi connectivity index (χ2n) is 33.4. The van der Waals surface area contributed by atoms with Crippen LogP contribution in [-0.4, -0.2) is 154 Å². The maximum atomic E-state index is 12.4. The number of carboxylic acid groups (broad SMARTS) is 4. The first kappa shape index (κ1) is 67.0. The highest BCUT2D eigenvalue weighted by Crippen LogP contribution is 2.51. The van der Waals surface area contributed by atoms with Crippen molar-refractivity contribution in [2.24, 2.45) is 118 Å². The van der Waals surface area contributed by atoms with E-state index >= 15 is 0 Å². The molecule has 0 amide bonds. The van der Waals surface area contributed by atoms with E-state index < -0.39 is 47.5 Å². The quantitative estimate of drug-likeness (QED) is 0.185. The Labute approximate surface area is 554 Å². The lowest BCUT2D eigenvalue weighted by Crippen LogP contribution is -2.61. The van der Waals surface area contributed by atoms with Crippen molar-refractivity contribution in [3.05, 3.63) is 0 Å². The maximum absolute atomic E-state index is 12.4. The van der Waals surface area contributed by atoms with E-state index in [1.807, 2.05) is 0 Å². The molecule has 18 fully saturated rings. The second-order valence-corrected chi connectivity index (χ2v) is 33.4. The number of hydrogen-bond acceptors (Lipinski definition) is 20. The van der Waals surface area contributed by atoms with E-state index in [-0.39, 0.29) is 133 Å². The van der Waals surface area contributed by atoms with E-state index in [9.17, 15) is 39.6 Å². The van der Waals surface area contributed by atoms with Crippen molar-refractivity contribution in [2.45, 2.75) is 278 Å². The van der Waals surface area contributed by atoms with Gasteiger partial charge >= 0.3 is 23.9 Å². The molecule has 8 aliphatic carbocycles. The van der Waals surface area contributed by atoms with Gasteiger partial charge in [-0.05, 0) is 197 Å². The summed E-state index contributed by atoms with van der Waals surface area (Å²) < 4.78 is 0. The third-order valence-electron chi connectivity index (χ3n) is 29.3. The Hall–Kier alpha value is -2.84. The van der Waals surface area contributed by atoms with Gasteiger partial charge in [-0.2, -0.15) is 0 Å². The summed E-state index contributed by atoms with van der Waals surface area (Å²) in [5.74, 6) is -0.411. The van der Waals surface area contributed by atoms with E-state index in [0.717, 1.165) is 0 Å². The number of carboxylic acids is 4. The van der Waals surface area contributed by atoms with Crippen molar-refractivity contribution in [3.63, 3.8) is 0 Å². The fourth-order valence-corrected chi connectivity index (χ4v) is 25.1. The summed E-state index contributed by atoms with van der Waals surface area (Å²) >= 11 is 0. The van der Waals surface area contributed by atoms with E-state index in [1.54, 1.807) is 0 Å². The second kappa shape index (κ2) is 27.6. The molecule has 528 valence electrons. The first-order chi connectivity index (χ1) is 44.8. The number of carbonyl (C=O) groups is 4. The van der Waals surface area contributed by atoms with Gasteiger partial charge in [0.1, 0.15) is 0 Å². The zero-order chi connectivity index (χ0) is 62.2. The monoisotopic (exact) mass is 1320 g/mol. The van der Waals surface area contributed by atoms with Gasteiger partial charge in [0.15, 0.2) is 0 Å². The Morgan fingerprint density at radius 1 is 0.181 bits per heavy atom. The fourth-order valence-electron chi connectivity index (χ4n) is 25.1. The van der Waals surface area contributed by atoms with Gasteiger partial charge in [-0.15, -0.1) is 0 Å². The van der Waals surface area contributed by atoms with Gasteiger partial charge in [0.25, 0.3) is 0 Å². The molecular weight excluding hydrogens is 1200 g/mol.